The Morgan fingerprint density at radius 2 is 1.90 bits per heavy atom. The molecule has 1 N–H and O–H groups in total. The molecule has 1 saturated heterocycles. The Balaban J connectivity index is 2.12. The molecule has 0 aliphatic carbocycles. The second-order valence-electron chi connectivity index (χ2n) is 5.76. The molecule has 0 amide bonds. The number of hydrogen-bond acceptors (Lipinski definition) is 4. The molecule has 6 heteroatoms. The largest absolute Gasteiger partial charge is 0.487 e. The second-order valence-corrected chi connectivity index (χ2v) is 5.76. The zero-order valence-corrected chi connectivity index (χ0v) is 12.1. The van der Waals surface area contributed by atoms with Crippen LogP contribution in [0.4, 0.5) is 0 Å². The molecule has 0 spiro atoms. The topological polar surface area (TPSA) is 68.7 Å². The van der Waals surface area contributed by atoms with E-state index in [0.717, 1.165) is 0 Å². The predicted octanol–water partition coefficient (Wildman–Crippen LogP) is 2.42. The summed E-state index contributed by atoms with van der Waals surface area (Å²) in [5.74, 6) is 0.766. The molecule has 1 fully saturated rings. The van der Waals surface area contributed by atoms with E-state index in [4.69, 9.17) is 14.4 Å². The molecular formula is C14H18BNO4. The van der Waals surface area contributed by atoms with Gasteiger partial charge in [0.15, 0.2) is 0 Å². The molecule has 2 heterocycles. The number of nitrogens with zero attached hydrogens (tertiary/aromatic N) is 1. The minimum absolute atomic E-state index is 0.202. The Kier molecular flexibility index (Phi) is 3.71. The Hall–Kier alpha value is -1.66. The van der Waals surface area contributed by atoms with Gasteiger partial charge in [0.1, 0.15) is 0 Å². The molecule has 0 radical (unpaired) electrons. The highest BCUT2D eigenvalue weighted by Gasteiger charge is 2.49. The van der Waals surface area contributed by atoms with Crippen LogP contribution in [-0.2, 0) is 9.31 Å². The average Bonchev–Trinajstić information content (AvgIpc) is 2.56. The van der Waals surface area contributed by atoms with Gasteiger partial charge in [-0.05, 0) is 45.9 Å². The summed E-state index contributed by atoms with van der Waals surface area (Å²) in [6.45, 7) is 7.91. The number of rotatable bonds is 3. The molecule has 0 bridgehead atoms. The molecule has 0 unspecified atom stereocenters. The normalized spacial score (nSPS) is 20.5. The summed E-state index contributed by atoms with van der Waals surface area (Å²) in [6.07, 6.45) is 3.17. The fraction of sp³-hybridized carbons (Fsp3) is 0.429. The van der Waals surface area contributed by atoms with Crippen LogP contribution in [0.1, 0.15) is 43.7 Å². The van der Waals surface area contributed by atoms with E-state index >= 15 is 0 Å². The van der Waals surface area contributed by atoms with Crippen molar-refractivity contribution in [2.45, 2.75) is 38.9 Å². The maximum atomic E-state index is 10.9. The van der Waals surface area contributed by atoms with E-state index in [2.05, 4.69) is 4.98 Å². The average molecular weight is 275 g/mol. The molecule has 106 valence electrons. The molecular weight excluding hydrogens is 257 g/mol. The summed E-state index contributed by atoms with van der Waals surface area (Å²) in [5.41, 5.74) is -0.0235. The highest BCUT2D eigenvalue weighted by molar-refractivity contribution is 6.52. The molecule has 1 aromatic heterocycles. The first-order chi connectivity index (χ1) is 9.21. The van der Waals surface area contributed by atoms with Crippen molar-refractivity contribution in [3.05, 3.63) is 35.6 Å². The number of aromatic nitrogens is 1. The Morgan fingerprint density at radius 1 is 1.30 bits per heavy atom. The standard InChI is InChI=1S/C14H18BNO4/c1-13(2)14(3,4)20-15(19-13)7-5-11-9-10(12(17)18)6-8-16-11/h5-9H,1-4H3,(H,17,18). The third kappa shape index (κ3) is 2.91. The summed E-state index contributed by atoms with van der Waals surface area (Å²) >= 11 is 0. The lowest BCUT2D eigenvalue weighted by atomic mass is 9.89. The monoisotopic (exact) mass is 275 g/mol. The zero-order valence-electron chi connectivity index (χ0n) is 12.1. The highest BCUT2D eigenvalue weighted by atomic mass is 16.7. The van der Waals surface area contributed by atoms with E-state index in [1.54, 1.807) is 12.1 Å². The third-order valence-corrected chi connectivity index (χ3v) is 3.72. The van der Waals surface area contributed by atoms with Gasteiger partial charge in [0, 0.05) is 6.20 Å². The van der Waals surface area contributed by atoms with Crippen molar-refractivity contribution in [1.29, 1.82) is 0 Å². The summed E-state index contributed by atoms with van der Waals surface area (Å²) in [5, 5.41) is 8.92. The van der Waals surface area contributed by atoms with Crippen LogP contribution in [-0.4, -0.2) is 34.4 Å². The van der Waals surface area contributed by atoms with Gasteiger partial charge in [-0.1, -0.05) is 5.98 Å². The van der Waals surface area contributed by atoms with Crippen molar-refractivity contribution in [3.63, 3.8) is 0 Å². The molecule has 2 rings (SSSR count). The van der Waals surface area contributed by atoms with Gasteiger partial charge in [0.2, 0.25) is 0 Å². The Morgan fingerprint density at radius 3 is 2.45 bits per heavy atom. The van der Waals surface area contributed by atoms with Crippen molar-refractivity contribution in [2.75, 3.05) is 0 Å². The van der Waals surface area contributed by atoms with Crippen LogP contribution in [0.25, 0.3) is 6.08 Å². The predicted molar refractivity (Wildman–Crippen MR) is 76.3 cm³/mol. The smallest absolute Gasteiger partial charge is 0.478 e. The number of pyridine rings is 1. The van der Waals surface area contributed by atoms with Crippen molar-refractivity contribution in [2.24, 2.45) is 0 Å². The molecule has 20 heavy (non-hydrogen) atoms. The molecule has 1 aliphatic rings. The summed E-state index contributed by atoms with van der Waals surface area (Å²) < 4.78 is 11.6. The minimum Gasteiger partial charge on any atom is -0.478 e. The molecule has 0 saturated carbocycles. The van der Waals surface area contributed by atoms with Crippen LogP contribution in [0.5, 0.6) is 0 Å². The first-order valence-corrected chi connectivity index (χ1v) is 6.44. The van der Waals surface area contributed by atoms with Gasteiger partial charge in [-0.25, -0.2) is 4.79 Å². The summed E-state index contributed by atoms with van der Waals surface area (Å²) in [4.78, 5) is 15.0. The van der Waals surface area contributed by atoms with Crippen LogP contribution >= 0.6 is 0 Å². The third-order valence-electron chi connectivity index (χ3n) is 3.72. The first-order valence-electron chi connectivity index (χ1n) is 6.44. The van der Waals surface area contributed by atoms with Crippen LogP contribution < -0.4 is 0 Å². The van der Waals surface area contributed by atoms with E-state index in [9.17, 15) is 4.79 Å². The lowest BCUT2D eigenvalue weighted by molar-refractivity contribution is 0.00578. The van der Waals surface area contributed by atoms with E-state index in [-0.39, 0.29) is 5.56 Å². The number of aromatic carboxylic acids is 1. The maximum absolute atomic E-state index is 10.9. The van der Waals surface area contributed by atoms with Crippen molar-refractivity contribution in [3.8, 4) is 0 Å². The quantitative estimate of drug-likeness (QED) is 0.858. The number of carboxylic acid groups (broad SMARTS) is 1. The van der Waals surface area contributed by atoms with Crippen molar-refractivity contribution in [1.82, 2.24) is 4.98 Å². The minimum atomic E-state index is -0.974. The maximum Gasteiger partial charge on any atom is 0.487 e. The van der Waals surface area contributed by atoms with Gasteiger partial charge in [0.25, 0.3) is 0 Å². The van der Waals surface area contributed by atoms with E-state index in [1.807, 2.05) is 27.7 Å². The second kappa shape index (κ2) is 5.03. The highest BCUT2D eigenvalue weighted by Crippen LogP contribution is 2.36. The van der Waals surface area contributed by atoms with Gasteiger partial charge in [-0.2, -0.15) is 0 Å². The number of hydrogen-bond donors (Lipinski definition) is 1. The molecule has 5 nitrogen and oxygen atoms in total. The first kappa shape index (κ1) is 14.7. The van der Waals surface area contributed by atoms with Gasteiger partial charge in [-0.3, -0.25) is 4.98 Å². The van der Waals surface area contributed by atoms with Gasteiger partial charge >= 0.3 is 13.1 Å². The summed E-state index contributed by atoms with van der Waals surface area (Å²) in [6, 6.07) is 2.96. The fourth-order valence-corrected chi connectivity index (χ4v) is 1.82. The fourth-order valence-electron chi connectivity index (χ4n) is 1.82. The van der Waals surface area contributed by atoms with Crippen LogP contribution in [0.2, 0.25) is 0 Å². The van der Waals surface area contributed by atoms with Crippen LogP contribution in [0.15, 0.2) is 24.3 Å². The van der Waals surface area contributed by atoms with Crippen molar-refractivity contribution < 1.29 is 19.2 Å². The molecule has 1 aromatic rings. The van der Waals surface area contributed by atoms with Gasteiger partial charge < -0.3 is 14.4 Å². The number of carbonyl (C=O) groups is 1. The van der Waals surface area contributed by atoms with E-state index in [1.165, 1.54) is 18.3 Å². The van der Waals surface area contributed by atoms with Crippen LogP contribution in [0.3, 0.4) is 0 Å². The Bertz CT molecular complexity index is 538. The van der Waals surface area contributed by atoms with Crippen LogP contribution in [0, 0.1) is 0 Å². The van der Waals surface area contributed by atoms with Gasteiger partial charge in [-0.15, -0.1) is 0 Å². The molecule has 0 aromatic carbocycles. The lowest BCUT2D eigenvalue weighted by Gasteiger charge is -2.32. The van der Waals surface area contributed by atoms with E-state index < -0.39 is 24.3 Å². The lowest BCUT2D eigenvalue weighted by Crippen LogP contribution is -2.41. The zero-order chi connectivity index (χ0) is 15.0. The van der Waals surface area contributed by atoms with Gasteiger partial charge in [0.05, 0.1) is 22.5 Å². The Labute approximate surface area is 118 Å². The molecule has 0 atom stereocenters. The summed E-state index contributed by atoms with van der Waals surface area (Å²) in [7, 11) is -0.463. The molecule has 1 aliphatic heterocycles. The van der Waals surface area contributed by atoms with Crippen molar-refractivity contribution >= 4 is 19.2 Å². The number of carboxylic acids is 1. The van der Waals surface area contributed by atoms with E-state index in [0.29, 0.717) is 5.69 Å². The SMILES string of the molecule is CC1(C)OB(C=Cc2cc(C(=O)O)ccn2)OC1(C)C.